The number of carbonyl (C=O) groups is 3. The number of halogens is 1. The lowest BCUT2D eigenvalue weighted by molar-refractivity contribution is -0.138. The number of guanidine groups is 1. The van der Waals surface area contributed by atoms with Crippen LogP contribution >= 0.6 is 11.6 Å². The average molecular weight is 335 g/mol. The molecule has 0 unspecified atom stereocenters. The Morgan fingerprint density at radius 2 is 2.00 bits per heavy atom. The van der Waals surface area contributed by atoms with Crippen molar-refractivity contribution in [3.05, 3.63) is 29.3 Å². The summed E-state index contributed by atoms with van der Waals surface area (Å²) >= 11 is 5.85. The summed E-state index contributed by atoms with van der Waals surface area (Å²) in [6.07, 6.45) is -0.420. The Morgan fingerprint density at radius 3 is 2.65 bits per heavy atom. The molecule has 0 aromatic heterocycles. The van der Waals surface area contributed by atoms with E-state index in [-0.39, 0.29) is 18.4 Å². The van der Waals surface area contributed by atoms with Crippen molar-refractivity contribution in [3.63, 3.8) is 0 Å². The van der Waals surface area contributed by atoms with Crippen LogP contribution in [0.3, 0.4) is 0 Å². The van der Waals surface area contributed by atoms with E-state index in [9.17, 15) is 14.4 Å². The molecule has 0 saturated heterocycles. The number of hydrazone groups is 1. The van der Waals surface area contributed by atoms with Gasteiger partial charge in [-0.1, -0.05) is 11.6 Å². The zero-order valence-electron chi connectivity index (χ0n) is 12.0. The second-order valence-electron chi connectivity index (χ2n) is 4.64. The molecule has 0 spiro atoms. The Labute approximate surface area is 136 Å². The Hall–Kier alpha value is -2.74. The molecular weight excluding hydrogens is 324 g/mol. The second kappa shape index (κ2) is 5.81. The lowest BCUT2D eigenvalue weighted by atomic mass is 10.3. The van der Waals surface area contributed by atoms with Crippen molar-refractivity contribution < 1.29 is 19.1 Å². The van der Waals surface area contributed by atoms with E-state index in [4.69, 9.17) is 16.3 Å². The highest BCUT2D eigenvalue weighted by molar-refractivity contribution is 6.46. The monoisotopic (exact) mass is 334 g/mol. The van der Waals surface area contributed by atoms with Crippen LogP contribution in [0.25, 0.3) is 0 Å². The molecule has 2 aliphatic heterocycles. The van der Waals surface area contributed by atoms with Crippen molar-refractivity contribution >= 4 is 46.9 Å². The molecule has 118 valence electrons. The zero-order chi connectivity index (χ0) is 16.6. The number of aliphatic imine (C=N–C) groups is 1. The summed E-state index contributed by atoms with van der Waals surface area (Å²) in [7, 11) is 0. The summed E-state index contributed by atoms with van der Waals surface area (Å²) in [5.74, 6) is -2.21. The van der Waals surface area contributed by atoms with Crippen LogP contribution in [-0.2, 0) is 19.1 Å². The molecular formula is C14H11ClN4O4. The number of rotatable bonds is 3. The summed E-state index contributed by atoms with van der Waals surface area (Å²) in [6.45, 7) is 1.77. The van der Waals surface area contributed by atoms with E-state index in [0.717, 1.165) is 4.90 Å². The first-order chi connectivity index (χ1) is 11.0. The summed E-state index contributed by atoms with van der Waals surface area (Å²) in [6, 6.07) is 6.49. The molecule has 8 nitrogen and oxygen atoms in total. The fourth-order valence-corrected chi connectivity index (χ4v) is 2.27. The summed E-state index contributed by atoms with van der Waals surface area (Å²) in [5.41, 5.74) is 0.500. The van der Waals surface area contributed by atoms with Gasteiger partial charge in [0.05, 0.1) is 12.3 Å². The lowest BCUT2D eigenvalue weighted by Crippen LogP contribution is -2.48. The number of esters is 1. The van der Waals surface area contributed by atoms with Crippen molar-refractivity contribution in [2.75, 3.05) is 11.6 Å². The number of ether oxygens (including phenoxy) is 1. The molecule has 2 aliphatic rings. The van der Waals surface area contributed by atoms with Crippen LogP contribution in [0.4, 0.5) is 5.69 Å². The third kappa shape index (κ3) is 2.68. The van der Waals surface area contributed by atoms with Crippen molar-refractivity contribution in [1.29, 1.82) is 0 Å². The smallest absolute Gasteiger partial charge is 0.376 e. The summed E-state index contributed by atoms with van der Waals surface area (Å²) < 4.78 is 4.90. The number of hydrogen-bond donors (Lipinski definition) is 0. The molecule has 23 heavy (non-hydrogen) atoms. The first-order valence-electron chi connectivity index (χ1n) is 6.77. The minimum atomic E-state index is -0.764. The van der Waals surface area contributed by atoms with Crippen LogP contribution in [0.2, 0.25) is 5.02 Å². The van der Waals surface area contributed by atoms with Crippen LogP contribution in [0.1, 0.15) is 13.3 Å². The molecule has 0 aliphatic carbocycles. The van der Waals surface area contributed by atoms with E-state index in [1.807, 2.05) is 0 Å². The largest absolute Gasteiger partial charge is 0.460 e. The van der Waals surface area contributed by atoms with Gasteiger partial charge in [-0.05, 0) is 31.2 Å². The van der Waals surface area contributed by atoms with Gasteiger partial charge in [0.15, 0.2) is 0 Å². The first kappa shape index (κ1) is 15.2. The van der Waals surface area contributed by atoms with Crippen LogP contribution in [0, 0.1) is 0 Å². The number of fused-ring (bicyclic) bond motifs is 1. The van der Waals surface area contributed by atoms with Crippen molar-refractivity contribution in [2.24, 2.45) is 10.1 Å². The van der Waals surface area contributed by atoms with E-state index >= 15 is 0 Å². The molecule has 0 N–H and O–H groups in total. The van der Waals surface area contributed by atoms with E-state index in [1.165, 1.54) is 5.01 Å². The highest BCUT2D eigenvalue weighted by Crippen LogP contribution is 2.26. The molecule has 0 radical (unpaired) electrons. The van der Waals surface area contributed by atoms with Gasteiger partial charge >= 0.3 is 5.97 Å². The van der Waals surface area contributed by atoms with E-state index in [0.29, 0.717) is 10.7 Å². The molecule has 2 amide bonds. The van der Waals surface area contributed by atoms with Gasteiger partial charge in [0.1, 0.15) is 6.42 Å². The molecule has 0 bridgehead atoms. The van der Waals surface area contributed by atoms with Crippen LogP contribution in [0.15, 0.2) is 34.4 Å². The van der Waals surface area contributed by atoms with Crippen LogP contribution in [-0.4, -0.2) is 41.1 Å². The van der Waals surface area contributed by atoms with Gasteiger partial charge in [-0.3, -0.25) is 9.59 Å². The Kier molecular flexibility index (Phi) is 3.83. The Bertz CT molecular complexity index is 757. The molecule has 0 saturated carbocycles. The van der Waals surface area contributed by atoms with E-state index in [1.54, 1.807) is 31.2 Å². The normalized spacial score (nSPS) is 17.0. The van der Waals surface area contributed by atoms with Gasteiger partial charge in [0, 0.05) is 5.02 Å². The maximum Gasteiger partial charge on any atom is 0.376 e. The molecule has 2 heterocycles. The fraction of sp³-hybridized carbons (Fsp3) is 0.214. The number of carbonyl (C=O) groups excluding carboxylic acids is 3. The molecule has 3 rings (SSSR count). The van der Waals surface area contributed by atoms with Gasteiger partial charge < -0.3 is 4.74 Å². The predicted molar refractivity (Wildman–Crippen MR) is 81.9 cm³/mol. The van der Waals surface area contributed by atoms with Gasteiger partial charge in [-0.15, -0.1) is 5.10 Å². The number of amides is 2. The lowest BCUT2D eigenvalue weighted by Gasteiger charge is -2.23. The standard InChI is InChI=1S/C14H11ClN4O4/c1-2-23-13(22)12-17-19(9-5-3-8(15)4-6-9)14-16-10(20)7-11(21)18(12)14/h3-6H,2,7H2,1H3. The van der Waals surface area contributed by atoms with Gasteiger partial charge in [0.25, 0.3) is 5.91 Å². The minimum absolute atomic E-state index is 0.0448. The number of anilines is 1. The van der Waals surface area contributed by atoms with Crippen LogP contribution in [0.5, 0.6) is 0 Å². The Morgan fingerprint density at radius 1 is 1.30 bits per heavy atom. The number of hydrogen-bond acceptors (Lipinski definition) is 6. The fourth-order valence-electron chi connectivity index (χ4n) is 2.14. The van der Waals surface area contributed by atoms with Crippen LogP contribution < -0.4 is 5.01 Å². The van der Waals surface area contributed by atoms with Crippen molar-refractivity contribution in [3.8, 4) is 0 Å². The third-order valence-electron chi connectivity index (χ3n) is 3.10. The summed E-state index contributed by atoms with van der Waals surface area (Å²) in [5, 5.41) is 5.84. The second-order valence-corrected chi connectivity index (χ2v) is 5.08. The number of nitrogens with zero attached hydrogens (tertiary/aromatic N) is 4. The maximum atomic E-state index is 12.1. The summed E-state index contributed by atoms with van der Waals surface area (Å²) in [4.78, 5) is 40.6. The highest BCUT2D eigenvalue weighted by Gasteiger charge is 2.44. The van der Waals surface area contributed by atoms with Crippen molar-refractivity contribution in [2.45, 2.75) is 13.3 Å². The zero-order valence-corrected chi connectivity index (χ0v) is 12.8. The number of benzene rings is 1. The van der Waals surface area contributed by atoms with Gasteiger partial charge in [-0.2, -0.15) is 10.0 Å². The molecule has 1 aromatic rings. The van der Waals surface area contributed by atoms with Gasteiger partial charge in [-0.25, -0.2) is 9.69 Å². The molecule has 0 fully saturated rings. The SMILES string of the molecule is CCOC(=O)C1=NN(c2ccc(Cl)cc2)C2=NC(=O)CC(=O)N12. The van der Waals surface area contributed by atoms with E-state index in [2.05, 4.69) is 10.1 Å². The topological polar surface area (TPSA) is 91.6 Å². The first-order valence-corrected chi connectivity index (χ1v) is 7.15. The van der Waals surface area contributed by atoms with Gasteiger partial charge in [0.2, 0.25) is 17.7 Å². The molecule has 1 aromatic carbocycles. The molecule has 9 heteroatoms. The molecule has 0 atom stereocenters. The average Bonchev–Trinajstić information content (AvgIpc) is 2.88. The Balaban J connectivity index is 2.07. The predicted octanol–water partition coefficient (Wildman–Crippen LogP) is 1.15. The quantitative estimate of drug-likeness (QED) is 0.611. The highest BCUT2D eigenvalue weighted by atomic mass is 35.5. The third-order valence-corrected chi connectivity index (χ3v) is 3.35. The number of amidine groups is 1. The van der Waals surface area contributed by atoms with Crippen molar-refractivity contribution in [1.82, 2.24) is 4.90 Å². The minimum Gasteiger partial charge on any atom is -0.460 e. The van der Waals surface area contributed by atoms with E-state index < -0.39 is 24.2 Å². The maximum absolute atomic E-state index is 12.1.